The van der Waals surface area contributed by atoms with Gasteiger partial charge in [-0.25, -0.2) is 5.43 Å². The smallest absolute Gasteiger partial charge is 0.269 e. The van der Waals surface area contributed by atoms with Gasteiger partial charge in [-0.15, -0.1) is 0 Å². The minimum absolute atomic E-state index is 0.0286. The summed E-state index contributed by atoms with van der Waals surface area (Å²) >= 11 is 5.99. The van der Waals surface area contributed by atoms with Gasteiger partial charge in [-0.3, -0.25) is 10.1 Å². The third-order valence-electron chi connectivity index (χ3n) is 2.53. The van der Waals surface area contributed by atoms with Gasteiger partial charge < -0.3 is 5.43 Å². The van der Waals surface area contributed by atoms with E-state index in [1.54, 1.807) is 0 Å². The van der Waals surface area contributed by atoms with Crippen molar-refractivity contribution in [2.45, 2.75) is 6.54 Å². The number of nitro benzene ring substituents is 1. The number of para-hydroxylation sites is 1. The Kier molecular flexibility index (Phi) is 4.33. The number of anilines is 1. The standard InChI is InChI=1S/C13H12ClN3O2/c14-13-7-6-12(17(18)19)8-10(13)9-15-16-11-4-2-1-3-5-11/h1-8,15-16H,9H2. The molecule has 0 saturated carbocycles. The second-order valence-corrected chi connectivity index (χ2v) is 4.28. The zero-order chi connectivity index (χ0) is 13.7. The van der Waals surface area contributed by atoms with E-state index in [0.29, 0.717) is 17.1 Å². The zero-order valence-electron chi connectivity index (χ0n) is 9.97. The van der Waals surface area contributed by atoms with Crippen LogP contribution in [0.5, 0.6) is 0 Å². The molecular weight excluding hydrogens is 266 g/mol. The van der Waals surface area contributed by atoms with Crippen molar-refractivity contribution in [3.05, 3.63) is 69.2 Å². The highest BCUT2D eigenvalue weighted by atomic mass is 35.5. The van der Waals surface area contributed by atoms with Gasteiger partial charge in [0.05, 0.1) is 4.92 Å². The van der Waals surface area contributed by atoms with Crippen molar-refractivity contribution in [2.75, 3.05) is 5.43 Å². The van der Waals surface area contributed by atoms with Gasteiger partial charge in [-0.05, 0) is 23.8 Å². The molecule has 0 aromatic heterocycles. The van der Waals surface area contributed by atoms with Gasteiger partial charge in [0, 0.05) is 29.4 Å². The number of nitro groups is 1. The van der Waals surface area contributed by atoms with Gasteiger partial charge in [0.2, 0.25) is 0 Å². The van der Waals surface area contributed by atoms with Crippen LogP contribution in [-0.2, 0) is 6.54 Å². The minimum Gasteiger partial charge on any atom is -0.321 e. The highest BCUT2D eigenvalue weighted by molar-refractivity contribution is 6.31. The van der Waals surface area contributed by atoms with E-state index in [1.807, 2.05) is 30.3 Å². The van der Waals surface area contributed by atoms with Crippen LogP contribution < -0.4 is 10.9 Å². The fourth-order valence-corrected chi connectivity index (χ4v) is 1.76. The Bertz CT molecular complexity index is 575. The molecule has 0 atom stereocenters. The lowest BCUT2D eigenvalue weighted by Gasteiger charge is -2.09. The molecule has 2 aromatic rings. The largest absolute Gasteiger partial charge is 0.321 e. The van der Waals surface area contributed by atoms with E-state index in [4.69, 9.17) is 11.6 Å². The summed E-state index contributed by atoms with van der Waals surface area (Å²) in [7, 11) is 0. The lowest BCUT2D eigenvalue weighted by Crippen LogP contribution is -2.21. The number of halogens is 1. The summed E-state index contributed by atoms with van der Waals surface area (Å²) in [6.07, 6.45) is 0. The van der Waals surface area contributed by atoms with Crippen LogP contribution in [0.25, 0.3) is 0 Å². The Hall–Kier alpha value is -2.11. The van der Waals surface area contributed by atoms with Crippen LogP contribution in [0.4, 0.5) is 11.4 Å². The molecule has 0 unspecified atom stereocenters. The number of hydrogen-bond donors (Lipinski definition) is 2. The fraction of sp³-hybridized carbons (Fsp3) is 0.0769. The second-order valence-electron chi connectivity index (χ2n) is 3.88. The van der Waals surface area contributed by atoms with Crippen LogP contribution in [-0.4, -0.2) is 4.92 Å². The highest BCUT2D eigenvalue weighted by Crippen LogP contribution is 2.21. The maximum Gasteiger partial charge on any atom is 0.269 e. The molecule has 0 amide bonds. The normalized spacial score (nSPS) is 10.2. The number of hydrogen-bond acceptors (Lipinski definition) is 4. The van der Waals surface area contributed by atoms with Crippen molar-refractivity contribution in [1.82, 2.24) is 5.43 Å². The van der Waals surface area contributed by atoms with Gasteiger partial charge in [0.25, 0.3) is 5.69 Å². The summed E-state index contributed by atoms with van der Waals surface area (Å²) in [6, 6.07) is 13.9. The topological polar surface area (TPSA) is 67.2 Å². The maximum absolute atomic E-state index is 10.7. The molecule has 0 fully saturated rings. The zero-order valence-corrected chi connectivity index (χ0v) is 10.7. The summed E-state index contributed by atoms with van der Waals surface area (Å²) in [5.74, 6) is 0. The average Bonchev–Trinajstić information content (AvgIpc) is 2.42. The van der Waals surface area contributed by atoms with Gasteiger partial charge in [-0.1, -0.05) is 29.8 Å². The number of non-ortho nitro benzene ring substituents is 1. The third-order valence-corrected chi connectivity index (χ3v) is 2.89. The molecule has 0 radical (unpaired) electrons. The Morgan fingerprint density at radius 1 is 1.16 bits per heavy atom. The van der Waals surface area contributed by atoms with Crippen molar-refractivity contribution in [3.63, 3.8) is 0 Å². The molecule has 0 aliphatic carbocycles. The van der Waals surface area contributed by atoms with Gasteiger partial charge >= 0.3 is 0 Å². The molecule has 2 N–H and O–H groups in total. The molecule has 2 aromatic carbocycles. The number of rotatable bonds is 5. The Balaban J connectivity index is 1.99. The van der Waals surface area contributed by atoms with E-state index < -0.39 is 4.92 Å². The lowest BCUT2D eigenvalue weighted by molar-refractivity contribution is -0.384. The van der Waals surface area contributed by atoms with E-state index in [0.717, 1.165) is 5.69 Å². The molecule has 5 nitrogen and oxygen atoms in total. The molecule has 19 heavy (non-hydrogen) atoms. The van der Waals surface area contributed by atoms with Crippen molar-refractivity contribution in [1.29, 1.82) is 0 Å². The number of nitrogens with one attached hydrogen (secondary N) is 2. The summed E-state index contributed by atoms with van der Waals surface area (Å²) in [6.45, 7) is 0.384. The van der Waals surface area contributed by atoms with E-state index >= 15 is 0 Å². The molecule has 0 spiro atoms. The second kappa shape index (κ2) is 6.17. The van der Waals surface area contributed by atoms with E-state index in [-0.39, 0.29) is 5.69 Å². The summed E-state index contributed by atoms with van der Waals surface area (Å²) < 4.78 is 0. The summed E-state index contributed by atoms with van der Waals surface area (Å²) in [4.78, 5) is 10.2. The first kappa shape index (κ1) is 13.3. The molecule has 0 aliphatic heterocycles. The van der Waals surface area contributed by atoms with E-state index in [2.05, 4.69) is 10.9 Å². The molecule has 0 heterocycles. The molecule has 6 heteroatoms. The van der Waals surface area contributed by atoms with Crippen molar-refractivity contribution < 1.29 is 4.92 Å². The monoisotopic (exact) mass is 277 g/mol. The number of benzene rings is 2. The maximum atomic E-state index is 10.7. The highest BCUT2D eigenvalue weighted by Gasteiger charge is 2.09. The van der Waals surface area contributed by atoms with Gasteiger partial charge in [-0.2, -0.15) is 0 Å². The third kappa shape index (κ3) is 3.67. The predicted octanol–water partition coefficient (Wildman–Crippen LogP) is 3.36. The number of hydrazine groups is 1. The van der Waals surface area contributed by atoms with Gasteiger partial charge in [0.15, 0.2) is 0 Å². The first-order chi connectivity index (χ1) is 9.16. The SMILES string of the molecule is O=[N+]([O-])c1ccc(Cl)c(CNNc2ccccc2)c1. The van der Waals surface area contributed by atoms with Crippen LogP contribution in [0, 0.1) is 10.1 Å². The molecule has 0 saturated heterocycles. The number of nitrogens with zero attached hydrogens (tertiary/aromatic N) is 1. The molecule has 0 bridgehead atoms. The molecular formula is C13H12ClN3O2. The van der Waals surface area contributed by atoms with Crippen LogP contribution in [0.3, 0.4) is 0 Å². The lowest BCUT2D eigenvalue weighted by atomic mass is 10.2. The molecule has 98 valence electrons. The van der Waals surface area contributed by atoms with Crippen LogP contribution >= 0.6 is 11.6 Å². The summed E-state index contributed by atoms with van der Waals surface area (Å²) in [5.41, 5.74) is 7.56. The van der Waals surface area contributed by atoms with Gasteiger partial charge in [0.1, 0.15) is 0 Å². The Labute approximate surface area is 115 Å². The van der Waals surface area contributed by atoms with Crippen LogP contribution in [0.2, 0.25) is 5.02 Å². The quantitative estimate of drug-likeness (QED) is 0.649. The molecule has 0 aliphatic rings. The predicted molar refractivity (Wildman–Crippen MR) is 75.0 cm³/mol. The fourth-order valence-electron chi connectivity index (χ4n) is 1.57. The van der Waals surface area contributed by atoms with Crippen LogP contribution in [0.1, 0.15) is 5.56 Å². The first-order valence-electron chi connectivity index (χ1n) is 5.63. The van der Waals surface area contributed by atoms with Crippen molar-refractivity contribution in [3.8, 4) is 0 Å². The van der Waals surface area contributed by atoms with E-state index in [9.17, 15) is 10.1 Å². The first-order valence-corrected chi connectivity index (χ1v) is 6.01. The Morgan fingerprint density at radius 2 is 1.89 bits per heavy atom. The summed E-state index contributed by atoms with van der Waals surface area (Å²) in [5, 5.41) is 11.2. The Morgan fingerprint density at radius 3 is 2.58 bits per heavy atom. The minimum atomic E-state index is -0.440. The van der Waals surface area contributed by atoms with Crippen LogP contribution in [0.15, 0.2) is 48.5 Å². The van der Waals surface area contributed by atoms with E-state index in [1.165, 1.54) is 18.2 Å². The average molecular weight is 278 g/mol. The molecule has 2 rings (SSSR count). The van der Waals surface area contributed by atoms with Crippen molar-refractivity contribution >= 4 is 23.0 Å². The van der Waals surface area contributed by atoms with Crippen molar-refractivity contribution in [2.24, 2.45) is 0 Å².